The number of hydrogen-bond donors (Lipinski definition) is 0. The number of aromatic nitrogens is 2. The number of hydrogen-bond acceptors (Lipinski definition) is 5. The van der Waals surface area contributed by atoms with Crippen LogP contribution in [0.3, 0.4) is 0 Å². The predicted octanol–water partition coefficient (Wildman–Crippen LogP) is 4.07. The highest BCUT2D eigenvalue weighted by molar-refractivity contribution is 7.14. The fourth-order valence-corrected chi connectivity index (χ4v) is 2.71. The first kappa shape index (κ1) is 14.7. The van der Waals surface area contributed by atoms with Crippen molar-refractivity contribution in [1.82, 2.24) is 10.1 Å². The van der Waals surface area contributed by atoms with E-state index in [0.29, 0.717) is 4.88 Å². The molecule has 20 heavy (non-hydrogen) atoms. The van der Waals surface area contributed by atoms with Crippen LogP contribution in [-0.2, 0) is 6.42 Å². The van der Waals surface area contributed by atoms with Gasteiger partial charge in [-0.05, 0) is 38.8 Å². The molecular formula is C15H18N2O2S. The number of aldehydes is 1. The van der Waals surface area contributed by atoms with Crippen LogP contribution in [0.1, 0.15) is 57.2 Å². The summed E-state index contributed by atoms with van der Waals surface area (Å²) in [7, 11) is 0. The van der Waals surface area contributed by atoms with Gasteiger partial charge in [-0.1, -0.05) is 18.5 Å². The highest BCUT2D eigenvalue weighted by Crippen LogP contribution is 2.21. The lowest BCUT2D eigenvalue weighted by atomic mass is 10.1. The van der Waals surface area contributed by atoms with Gasteiger partial charge in [-0.3, -0.25) is 4.79 Å². The van der Waals surface area contributed by atoms with Crippen molar-refractivity contribution in [3.8, 4) is 0 Å². The van der Waals surface area contributed by atoms with Gasteiger partial charge in [0.15, 0.2) is 6.29 Å². The maximum atomic E-state index is 10.8. The summed E-state index contributed by atoms with van der Waals surface area (Å²) in [5.74, 6) is 0.816. The second-order valence-electron chi connectivity index (χ2n) is 4.66. The molecule has 0 aliphatic rings. The highest BCUT2D eigenvalue weighted by Gasteiger charge is 2.10. The maximum Gasteiger partial charge on any atom is 0.161 e. The lowest BCUT2D eigenvalue weighted by Gasteiger charge is -1.95. The summed E-state index contributed by atoms with van der Waals surface area (Å²) >= 11 is 1.39. The van der Waals surface area contributed by atoms with Crippen LogP contribution in [0.25, 0.3) is 12.2 Å². The molecule has 0 amide bonds. The molecule has 0 N–H and O–H groups in total. The van der Waals surface area contributed by atoms with E-state index < -0.39 is 0 Å². The summed E-state index contributed by atoms with van der Waals surface area (Å²) in [5.41, 5.74) is 2.79. The average molecular weight is 290 g/mol. The molecule has 0 spiro atoms. The van der Waals surface area contributed by atoms with Gasteiger partial charge in [0.25, 0.3) is 0 Å². The molecule has 0 fully saturated rings. The van der Waals surface area contributed by atoms with Crippen molar-refractivity contribution in [1.29, 1.82) is 0 Å². The van der Waals surface area contributed by atoms with E-state index in [1.807, 2.05) is 26.0 Å². The Morgan fingerprint density at radius 2 is 2.10 bits per heavy atom. The maximum absolute atomic E-state index is 10.8. The topological polar surface area (TPSA) is 56.0 Å². The zero-order chi connectivity index (χ0) is 14.5. The summed E-state index contributed by atoms with van der Waals surface area (Å²) < 4.78 is 5.26. The van der Waals surface area contributed by atoms with Gasteiger partial charge >= 0.3 is 0 Å². The van der Waals surface area contributed by atoms with Gasteiger partial charge < -0.3 is 4.52 Å². The molecule has 0 aromatic carbocycles. The van der Waals surface area contributed by atoms with E-state index in [-0.39, 0.29) is 0 Å². The molecule has 0 unspecified atom stereocenters. The molecule has 0 bridgehead atoms. The van der Waals surface area contributed by atoms with Crippen molar-refractivity contribution < 1.29 is 9.32 Å². The predicted molar refractivity (Wildman–Crippen MR) is 81.0 cm³/mol. The zero-order valence-corrected chi connectivity index (χ0v) is 12.8. The first-order valence-electron chi connectivity index (χ1n) is 6.71. The number of carbonyl (C=O) groups excluding carboxylic acids is 1. The van der Waals surface area contributed by atoms with Gasteiger partial charge in [-0.25, -0.2) is 4.98 Å². The Morgan fingerprint density at radius 3 is 2.75 bits per heavy atom. The lowest BCUT2D eigenvalue weighted by molar-refractivity contribution is 0.112. The molecule has 0 atom stereocenters. The normalized spacial score (nSPS) is 11.3. The van der Waals surface area contributed by atoms with Crippen molar-refractivity contribution in [3.63, 3.8) is 0 Å². The van der Waals surface area contributed by atoms with Crippen LogP contribution in [0.4, 0.5) is 0 Å². The molecule has 0 radical (unpaired) electrons. The smallest absolute Gasteiger partial charge is 0.161 e. The van der Waals surface area contributed by atoms with Crippen LogP contribution in [0.2, 0.25) is 0 Å². The van der Waals surface area contributed by atoms with Gasteiger partial charge in [0.1, 0.15) is 10.8 Å². The quantitative estimate of drug-likeness (QED) is 0.752. The van der Waals surface area contributed by atoms with E-state index in [1.165, 1.54) is 11.3 Å². The van der Waals surface area contributed by atoms with Crippen LogP contribution in [0.5, 0.6) is 0 Å². The van der Waals surface area contributed by atoms with E-state index in [2.05, 4.69) is 17.1 Å². The van der Waals surface area contributed by atoms with Crippen molar-refractivity contribution in [2.75, 3.05) is 0 Å². The molecule has 2 aromatic rings. The lowest BCUT2D eigenvalue weighted by Crippen LogP contribution is -1.88. The van der Waals surface area contributed by atoms with Crippen molar-refractivity contribution in [2.24, 2.45) is 0 Å². The van der Waals surface area contributed by atoms with Crippen LogP contribution in [0, 0.1) is 13.8 Å². The molecule has 0 aliphatic heterocycles. The largest absolute Gasteiger partial charge is 0.361 e. The summed E-state index contributed by atoms with van der Waals surface area (Å²) in [6.07, 6.45) is 7.89. The molecule has 4 nitrogen and oxygen atoms in total. The number of carbonyl (C=O) groups is 1. The third-order valence-electron chi connectivity index (χ3n) is 3.10. The van der Waals surface area contributed by atoms with Crippen LogP contribution in [-0.4, -0.2) is 16.4 Å². The molecule has 2 rings (SSSR count). The van der Waals surface area contributed by atoms with Crippen molar-refractivity contribution >= 4 is 29.8 Å². The van der Waals surface area contributed by atoms with E-state index in [9.17, 15) is 4.79 Å². The Bertz CT molecular complexity index is 626. The minimum absolute atomic E-state index is 0.679. The summed E-state index contributed by atoms with van der Waals surface area (Å²) in [6, 6.07) is 0. The monoisotopic (exact) mass is 290 g/mol. The summed E-state index contributed by atoms with van der Waals surface area (Å²) in [5, 5.41) is 4.93. The van der Waals surface area contributed by atoms with Gasteiger partial charge in [0.05, 0.1) is 16.3 Å². The number of thiazole rings is 1. The summed E-state index contributed by atoms with van der Waals surface area (Å²) in [4.78, 5) is 15.9. The Kier molecular flexibility index (Phi) is 4.84. The minimum atomic E-state index is 0.679. The van der Waals surface area contributed by atoms with Crippen LogP contribution < -0.4 is 0 Å². The number of unbranched alkanes of at least 4 members (excludes halogenated alkanes) is 1. The highest BCUT2D eigenvalue weighted by atomic mass is 32.1. The molecule has 0 saturated heterocycles. The Labute approximate surface area is 122 Å². The van der Waals surface area contributed by atoms with E-state index in [4.69, 9.17) is 4.52 Å². The molecule has 0 saturated carbocycles. The fourth-order valence-electron chi connectivity index (χ4n) is 1.93. The average Bonchev–Trinajstić information content (AvgIpc) is 2.97. The first-order chi connectivity index (χ1) is 9.65. The van der Waals surface area contributed by atoms with Crippen molar-refractivity contribution in [2.45, 2.75) is 40.0 Å². The third-order valence-corrected chi connectivity index (χ3v) is 4.15. The molecule has 0 aliphatic carbocycles. The second-order valence-corrected chi connectivity index (χ2v) is 5.72. The summed E-state index contributed by atoms with van der Waals surface area (Å²) in [6.45, 7) is 5.91. The number of rotatable bonds is 6. The molecule has 2 heterocycles. The number of aryl methyl sites for hydroxylation is 3. The second kappa shape index (κ2) is 6.61. The van der Waals surface area contributed by atoms with Gasteiger partial charge in [-0.2, -0.15) is 0 Å². The minimum Gasteiger partial charge on any atom is -0.361 e. The fraction of sp³-hybridized carbons (Fsp3) is 0.400. The Morgan fingerprint density at radius 1 is 1.30 bits per heavy atom. The first-order valence-corrected chi connectivity index (χ1v) is 7.53. The SMILES string of the molecule is CCCCc1noc(C)c1/C=C/c1nc(C)c(C=O)s1. The van der Waals surface area contributed by atoms with E-state index >= 15 is 0 Å². The van der Waals surface area contributed by atoms with Gasteiger partial charge in [-0.15, -0.1) is 11.3 Å². The van der Waals surface area contributed by atoms with Crippen molar-refractivity contribution in [3.05, 3.63) is 32.6 Å². The molecule has 106 valence electrons. The Balaban J connectivity index is 2.21. The van der Waals surface area contributed by atoms with Crippen LogP contribution in [0.15, 0.2) is 4.52 Å². The standard InChI is InChI=1S/C15H18N2O2S/c1-4-5-6-13-12(11(3)19-17-13)7-8-15-16-10(2)14(9-18)20-15/h7-9H,4-6H2,1-3H3/b8-7+. The molecular weight excluding hydrogens is 272 g/mol. The van der Waals surface area contributed by atoms with Gasteiger partial charge in [0.2, 0.25) is 0 Å². The molecule has 2 aromatic heterocycles. The zero-order valence-electron chi connectivity index (χ0n) is 12.0. The van der Waals surface area contributed by atoms with Gasteiger partial charge in [0, 0.05) is 5.56 Å². The van der Waals surface area contributed by atoms with Crippen LogP contribution >= 0.6 is 11.3 Å². The van der Waals surface area contributed by atoms with E-state index in [1.54, 1.807) is 0 Å². The van der Waals surface area contributed by atoms with E-state index in [0.717, 1.165) is 53.3 Å². The number of nitrogens with zero attached hydrogens (tertiary/aromatic N) is 2. The molecule has 5 heteroatoms. The Hall–Kier alpha value is -1.75. The third kappa shape index (κ3) is 3.22.